The number of quaternary nitrogens is 1. The molecule has 0 bridgehead atoms. The highest BCUT2D eigenvalue weighted by molar-refractivity contribution is 9.10. The van der Waals surface area contributed by atoms with E-state index in [1.165, 1.54) is 19.2 Å². The Labute approximate surface area is 134 Å². The predicted octanol–water partition coefficient (Wildman–Crippen LogP) is 5.54. The SMILES string of the molecule is Cc1c(C(F)(F)F)c(Br)cc2c1[N+](C(=O)O)(C(C)(C)C)C=C2. The van der Waals surface area contributed by atoms with Crippen LogP contribution in [0.1, 0.15) is 37.5 Å². The molecule has 0 aliphatic carbocycles. The second-order valence-electron chi connectivity index (χ2n) is 6.29. The first-order valence-corrected chi connectivity index (χ1v) is 7.36. The average molecular weight is 379 g/mol. The number of rotatable bonds is 0. The van der Waals surface area contributed by atoms with Crippen LogP contribution >= 0.6 is 15.9 Å². The Hall–Kier alpha value is -1.34. The number of hydrogen-bond donors (Lipinski definition) is 1. The monoisotopic (exact) mass is 378 g/mol. The lowest BCUT2D eigenvalue weighted by atomic mass is 9.96. The van der Waals surface area contributed by atoms with E-state index in [1.807, 2.05) is 0 Å². The third-order valence-corrected chi connectivity index (χ3v) is 4.62. The van der Waals surface area contributed by atoms with Crippen molar-refractivity contribution in [1.82, 2.24) is 4.48 Å². The van der Waals surface area contributed by atoms with Gasteiger partial charge in [0.05, 0.1) is 5.56 Å². The third kappa shape index (κ3) is 2.18. The molecular formula is C15H16BrF3NO2+. The first-order valence-electron chi connectivity index (χ1n) is 6.56. The van der Waals surface area contributed by atoms with Crippen molar-refractivity contribution in [3.63, 3.8) is 0 Å². The van der Waals surface area contributed by atoms with Crippen molar-refractivity contribution in [2.75, 3.05) is 0 Å². The summed E-state index contributed by atoms with van der Waals surface area (Å²) in [7, 11) is 0. The number of carboxylic acid groups (broad SMARTS) is 1. The van der Waals surface area contributed by atoms with Crippen LogP contribution in [0.2, 0.25) is 0 Å². The lowest BCUT2D eigenvalue weighted by Gasteiger charge is -2.39. The number of hydrogen-bond acceptors (Lipinski definition) is 1. The maximum atomic E-state index is 13.3. The molecule has 1 heterocycles. The van der Waals surface area contributed by atoms with Crippen molar-refractivity contribution in [2.45, 2.75) is 39.4 Å². The molecule has 1 amide bonds. The van der Waals surface area contributed by atoms with E-state index in [0.29, 0.717) is 5.56 Å². The molecule has 1 aromatic carbocycles. The minimum absolute atomic E-state index is 0.0702. The van der Waals surface area contributed by atoms with Crippen LogP contribution in [0.5, 0.6) is 0 Å². The Morgan fingerprint density at radius 3 is 2.23 bits per heavy atom. The highest BCUT2D eigenvalue weighted by Gasteiger charge is 2.54. The Morgan fingerprint density at radius 1 is 1.27 bits per heavy atom. The molecule has 2 rings (SSSR count). The topological polar surface area (TPSA) is 37.3 Å². The second-order valence-corrected chi connectivity index (χ2v) is 7.14. The number of halogens is 4. The van der Waals surface area contributed by atoms with E-state index < -0.39 is 27.9 Å². The van der Waals surface area contributed by atoms with Gasteiger partial charge in [-0.2, -0.15) is 22.4 Å². The molecule has 120 valence electrons. The van der Waals surface area contributed by atoms with Crippen LogP contribution in [0.3, 0.4) is 0 Å². The van der Waals surface area contributed by atoms with Gasteiger partial charge < -0.3 is 5.11 Å². The summed E-state index contributed by atoms with van der Waals surface area (Å²) in [5.41, 5.74) is -1.10. The summed E-state index contributed by atoms with van der Waals surface area (Å²) in [6, 6.07) is 1.33. The van der Waals surface area contributed by atoms with E-state index in [-0.39, 0.29) is 15.7 Å². The van der Waals surface area contributed by atoms with E-state index in [2.05, 4.69) is 15.9 Å². The minimum Gasteiger partial charge on any atom is -0.435 e. The van der Waals surface area contributed by atoms with Gasteiger partial charge in [-0.15, -0.1) is 0 Å². The normalized spacial score (nSPS) is 21.1. The van der Waals surface area contributed by atoms with Crippen LogP contribution in [0.25, 0.3) is 6.08 Å². The number of carbonyl (C=O) groups is 1. The summed E-state index contributed by atoms with van der Waals surface area (Å²) in [6.07, 6.45) is -2.77. The highest BCUT2D eigenvalue weighted by Crippen LogP contribution is 2.50. The van der Waals surface area contributed by atoms with Gasteiger partial charge in [0.1, 0.15) is 11.7 Å². The van der Waals surface area contributed by atoms with Crippen molar-refractivity contribution in [3.8, 4) is 0 Å². The minimum atomic E-state index is -4.56. The molecule has 0 radical (unpaired) electrons. The average Bonchev–Trinajstić information content (AvgIpc) is 2.66. The smallest absolute Gasteiger partial charge is 0.435 e. The van der Waals surface area contributed by atoms with E-state index in [4.69, 9.17) is 0 Å². The van der Waals surface area contributed by atoms with Crippen molar-refractivity contribution >= 4 is 33.8 Å². The molecule has 0 saturated carbocycles. The summed E-state index contributed by atoms with van der Waals surface area (Å²) in [5, 5.41) is 9.76. The predicted molar refractivity (Wildman–Crippen MR) is 82.5 cm³/mol. The number of amides is 1. The Morgan fingerprint density at radius 2 is 1.82 bits per heavy atom. The van der Waals surface area contributed by atoms with Gasteiger partial charge in [-0.3, -0.25) is 0 Å². The molecule has 1 aliphatic rings. The summed E-state index contributed by atoms with van der Waals surface area (Å²) in [6.45, 7) is 6.39. The van der Waals surface area contributed by atoms with Crippen LogP contribution in [0.15, 0.2) is 16.7 Å². The molecule has 1 atom stereocenters. The van der Waals surface area contributed by atoms with Crippen LogP contribution in [-0.4, -0.2) is 16.7 Å². The zero-order valence-corrected chi connectivity index (χ0v) is 14.1. The van der Waals surface area contributed by atoms with E-state index in [0.717, 1.165) is 0 Å². The molecule has 1 aliphatic heterocycles. The highest BCUT2D eigenvalue weighted by atomic mass is 79.9. The zero-order chi connectivity index (χ0) is 17.1. The van der Waals surface area contributed by atoms with Gasteiger partial charge >= 0.3 is 12.3 Å². The molecule has 1 unspecified atom stereocenters. The lowest BCUT2D eigenvalue weighted by molar-refractivity contribution is -0.138. The fraction of sp³-hybridized carbons (Fsp3) is 0.400. The molecule has 22 heavy (non-hydrogen) atoms. The van der Waals surface area contributed by atoms with Gasteiger partial charge in [-0.05, 0) is 33.8 Å². The molecule has 3 nitrogen and oxygen atoms in total. The zero-order valence-electron chi connectivity index (χ0n) is 12.5. The van der Waals surface area contributed by atoms with Gasteiger partial charge in [0, 0.05) is 21.7 Å². The molecule has 0 saturated heterocycles. The van der Waals surface area contributed by atoms with Crippen molar-refractivity contribution in [3.05, 3.63) is 33.4 Å². The summed E-state index contributed by atoms with van der Waals surface area (Å²) < 4.78 is 39.2. The van der Waals surface area contributed by atoms with E-state index in [1.54, 1.807) is 26.8 Å². The van der Waals surface area contributed by atoms with Crippen LogP contribution in [-0.2, 0) is 6.18 Å². The summed E-state index contributed by atoms with van der Waals surface area (Å²) in [5.74, 6) is 0. The van der Waals surface area contributed by atoms with Crippen molar-refractivity contribution in [1.29, 1.82) is 0 Å². The first kappa shape index (κ1) is 17.0. The number of fused-ring (bicyclic) bond motifs is 1. The number of alkyl halides is 3. The fourth-order valence-corrected chi connectivity index (χ4v) is 3.78. The van der Waals surface area contributed by atoms with Gasteiger partial charge in [0.25, 0.3) is 0 Å². The standard InChI is InChI=1S/C15H15BrF3NO2/c1-8-11(15(17,18)19)10(16)7-9-5-6-20(12(8)9,13(21)22)14(2,3)4/h5-7H,1-4H3/p+1. The summed E-state index contributed by atoms with van der Waals surface area (Å²) in [4.78, 5) is 12.0. The molecule has 1 aromatic rings. The number of nitrogens with zero attached hydrogens (tertiary/aromatic N) is 1. The van der Waals surface area contributed by atoms with Crippen LogP contribution < -0.4 is 4.48 Å². The molecule has 1 N–H and O–H groups in total. The molecule has 0 aromatic heterocycles. The molecule has 0 spiro atoms. The maximum absolute atomic E-state index is 13.3. The Balaban J connectivity index is 2.91. The van der Waals surface area contributed by atoms with Crippen molar-refractivity contribution in [2.24, 2.45) is 0 Å². The first-order chi connectivity index (χ1) is 9.84. The van der Waals surface area contributed by atoms with Crippen molar-refractivity contribution < 1.29 is 23.1 Å². The van der Waals surface area contributed by atoms with Crippen LogP contribution in [0, 0.1) is 6.92 Å². The molecular weight excluding hydrogens is 363 g/mol. The maximum Gasteiger partial charge on any atom is 0.523 e. The summed E-state index contributed by atoms with van der Waals surface area (Å²) >= 11 is 2.95. The molecule has 7 heteroatoms. The van der Waals surface area contributed by atoms with Crippen LogP contribution in [0.4, 0.5) is 23.7 Å². The largest absolute Gasteiger partial charge is 0.523 e. The van der Waals surface area contributed by atoms with Gasteiger partial charge in [0.15, 0.2) is 5.69 Å². The lowest BCUT2D eigenvalue weighted by Crippen LogP contribution is -2.60. The van der Waals surface area contributed by atoms with Gasteiger partial charge in [-0.25, -0.2) is 0 Å². The third-order valence-electron chi connectivity index (χ3n) is 4.00. The Kier molecular flexibility index (Phi) is 3.73. The van der Waals surface area contributed by atoms with E-state index in [9.17, 15) is 23.1 Å². The Bertz CT molecular complexity index is 689. The van der Waals surface area contributed by atoms with Gasteiger partial charge in [-0.1, -0.05) is 15.9 Å². The number of benzene rings is 1. The fourth-order valence-electron chi connectivity index (χ4n) is 3.01. The molecule has 0 fully saturated rings. The van der Waals surface area contributed by atoms with E-state index >= 15 is 0 Å². The second kappa shape index (κ2) is 4.83. The van der Waals surface area contributed by atoms with Gasteiger partial charge in [0.2, 0.25) is 0 Å². The quantitative estimate of drug-likeness (QED) is 0.601.